The number of nitrogens with one attached hydrogen (secondary N) is 1. The minimum Gasteiger partial charge on any atom is -0.489 e. The van der Waals surface area contributed by atoms with Gasteiger partial charge in [0, 0.05) is 22.3 Å². The van der Waals surface area contributed by atoms with Crippen LogP contribution < -0.4 is 10.1 Å². The van der Waals surface area contributed by atoms with Crippen molar-refractivity contribution in [2.75, 3.05) is 5.32 Å². The van der Waals surface area contributed by atoms with Gasteiger partial charge in [-0.25, -0.2) is 9.67 Å². The number of ether oxygens (including phenoxy) is 1. The summed E-state index contributed by atoms with van der Waals surface area (Å²) < 4.78 is 7.70. The number of thiophene rings is 1. The number of benzene rings is 2. The summed E-state index contributed by atoms with van der Waals surface area (Å²) in [6, 6.07) is 22.5. The van der Waals surface area contributed by atoms with Crippen LogP contribution in [0.25, 0.3) is 11.0 Å². The number of pyridine rings is 1. The highest BCUT2D eigenvalue weighted by atomic mass is 32.1. The van der Waals surface area contributed by atoms with Crippen LogP contribution in [0.15, 0.2) is 78.3 Å². The first-order valence-corrected chi connectivity index (χ1v) is 11.9. The van der Waals surface area contributed by atoms with E-state index < -0.39 is 0 Å². The second-order valence-corrected chi connectivity index (χ2v) is 9.05. The molecule has 35 heavy (non-hydrogen) atoms. The zero-order chi connectivity index (χ0) is 24.2. The molecule has 0 aliphatic carbocycles. The molecule has 0 fully saturated rings. The molecule has 3 heterocycles. The SMILES string of the molecule is Cc1cc(C(=O)Nc2cccc(OCc3cccc(C#N)c3)c2)c2cnn(Cc3cccs3)c2n1. The Morgan fingerprint density at radius 2 is 2.03 bits per heavy atom. The maximum Gasteiger partial charge on any atom is 0.256 e. The Bertz CT molecular complexity index is 1550. The van der Waals surface area contributed by atoms with Gasteiger partial charge in [-0.1, -0.05) is 24.3 Å². The van der Waals surface area contributed by atoms with Crippen LogP contribution in [0.2, 0.25) is 0 Å². The quantitative estimate of drug-likeness (QED) is 0.330. The number of hydrogen-bond donors (Lipinski definition) is 1. The number of rotatable bonds is 7. The van der Waals surface area contributed by atoms with Crippen molar-refractivity contribution in [3.8, 4) is 11.8 Å². The third-order valence-electron chi connectivity index (χ3n) is 5.42. The van der Waals surface area contributed by atoms with E-state index in [1.54, 1.807) is 41.8 Å². The lowest BCUT2D eigenvalue weighted by atomic mass is 10.1. The minimum atomic E-state index is -0.241. The Labute approximate surface area is 206 Å². The number of hydrogen-bond acceptors (Lipinski definition) is 6. The number of carbonyl (C=O) groups is 1. The van der Waals surface area contributed by atoms with Crippen LogP contribution in [0.3, 0.4) is 0 Å². The van der Waals surface area contributed by atoms with Gasteiger partial charge in [-0.05, 0) is 54.3 Å². The van der Waals surface area contributed by atoms with Crippen LogP contribution in [0.4, 0.5) is 5.69 Å². The third-order valence-corrected chi connectivity index (χ3v) is 6.28. The van der Waals surface area contributed by atoms with Crippen molar-refractivity contribution in [3.05, 3.63) is 106 Å². The minimum absolute atomic E-state index is 0.241. The Kier molecular flexibility index (Phi) is 6.24. The Hall–Kier alpha value is -4.48. The molecule has 1 amide bonds. The van der Waals surface area contributed by atoms with Crippen molar-refractivity contribution in [1.82, 2.24) is 14.8 Å². The van der Waals surface area contributed by atoms with E-state index in [1.165, 1.54) is 4.88 Å². The number of anilines is 1. The number of aromatic nitrogens is 3. The first kappa shape index (κ1) is 22.3. The van der Waals surface area contributed by atoms with Crippen molar-refractivity contribution in [3.63, 3.8) is 0 Å². The molecule has 0 bridgehead atoms. The van der Waals surface area contributed by atoms with Gasteiger partial charge in [-0.2, -0.15) is 10.4 Å². The highest BCUT2D eigenvalue weighted by Crippen LogP contribution is 2.23. The van der Waals surface area contributed by atoms with Gasteiger partial charge in [-0.15, -0.1) is 11.3 Å². The van der Waals surface area contributed by atoms with E-state index in [0.717, 1.165) is 11.3 Å². The van der Waals surface area contributed by atoms with E-state index in [-0.39, 0.29) is 5.91 Å². The average molecular weight is 480 g/mol. The fourth-order valence-electron chi connectivity index (χ4n) is 3.79. The molecule has 0 radical (unpaired) electrons. The Morgan fingerprint density at radius 3 is 2.86 bits per heavy atom. The summed E-state index contributed by atoms with van der Waals surface area (Å²) in [6.45, 7) is 2.80. The number of carbonyl (C=O) groups excluding carboxylic acids is 1. The van der Waals surface area contributed by atoms with Gasteiger partial charge in [-0.3, -0.25) is 4.79 Å². The van der Waals surface area contributed by atoms with Gasteiger partial charge < -0.3 is 10.1 Å². The van der Waals surface area contributed by atoms with Gasteiger partial charge in [0.05, 0.1) is 35.3 Å². The fourth-order valence-corrected chi connectivity index (χ4v) is 4.47. The molecule has 0 spiro atoms. The molecule has 8 heteroatoms. The second kappa shape index (κ2) is 9.79. The van der Waals surface area contributed by atoms with Gasteiger partial charge >= 0.3 is 0 Å². The predicted molar refractivity (Wildman–Crippen MR) is 136 cm³/mol. The molecule has 0 aliphatic heterocycles. The number of nitriles is 1. The van der Waals surface area contributed by atoms with E-state index in [1.807, 2.05) is 53.4 Å². The van der Waals surface area contributed by atoms with E-state index in [4.69, 9.17) is 10.00 Å². The summed E-state index contributed by atoms with van der Waals surface area (Å²) in [4.78, 5) is 19.0. The van der Waals surface area contributed by atoms with Crippen molar-refractivity contribution in [2.45, 2.75) is 20.1 Å². The Balaban J connectivity index is 1.33. The largest absolute Gasteiger partial charge is 0.489 e. The van der Waals surface area contributed by atoms with Crippen LogP contribution in [-0.4, -0.2) is 20.7 Å². The summed E-state index contributed by atoms with van der Waals surface area (Å²) >= 11 is 1.66. The zero-order valence-electron chi connectivity index (χ0n) is 18.9. The summed E-state index contributed by atoms with van der Waals surface area (Å²) in [7, 11) is 0. The smallest absolute Gasteiger partial charge is 0.256 e. The molecular formula is C27H21N5O2S. The van der Waals surface area contributed by atoms with Gasteiger partial charge in [0.15, 0.2) is 5.65 Å². The predicted octanol–water partition coefficient (Wildman–Crippen LogP) is 5.55. The lowest BCUT2D eigenvalue weighted by molar-refractivity contribution is 0.102. The topological polar surface area (TPSA) is 92.8 Å². The van der Waals surface area contributed by atoms with Crippen molar-refractivity contribution in [1.29, 1.82) is 5.26 Å². The second-order valence-electron chi connectivity index (χ2n) is 8.01. The summed E-state index contributed by atoms with van der Waals surface area (Å²) in [5.74, 6) is 0.375. The standard InChI is InChI=1S/C27H21N5O2S/c1-18-11-24(25-15-29-32(26(25)30-18)16-23-9-4-10-35-23)27(33)31-21-7-3-8-22(13-21)34-17-20-6-2-5-19(12-20)14-28/h2-13,15H,16-17H2,1H3,(H,31,33). The number of aryl methyl sites for hydroxylation is 1. The summed E-state index contributed by atoms with van der Waals surface area (Å²) in [6.07, 6.45) is 1.69. The zero-order valence-corrected chi connectivity index (χ0v) is 19.7. The van der Waals surface area contributed by atoms with E-state index in [0.29, 0.717) is 46.7 Å². The van der Waals surface area contributed by atoms with Crippen LogP contribution >= 0.6 is 11.3 Å². The molecule has 5 rings (SSSR count). The van der Waals surface area contributed by atoms with Crippen molar-refractivity contribution >= 4 is 34.0 Å². The molecule has 7 nitrogen and oxygen atoms in total. The molecule has 5 aromatic rings. The molecule has 0 saturated carbocycles. The monoisotopic (exact) mass is 479 g/mol. The van der Waals surface area contributed by atoms with Gasteiger partial charge in [0.2, 0.25) is 0 Å². The number of amides is 1. The molecule has 0 saturated heterocycles. The van der Waals surface area contributed by atoms with Gasteiger partial charge in [0.25, 0.3) is 5.91 Å². The lowest BCUT2D eigenvalue weighted by Crippen LogP contribution is -2.13. The van der Waals surface area contributed by atoms with Crippen molar-refractivity contribution < 1.29 is 9.53 Å². The fraction of sp³-hybridized carbons (Fsp3) is 0.111. The first-order valence-electron chi connectivity index (χ1n) is 11.0. The lowest BCUT2D eigenvalue weighted by Gasteiger charge is -2.11. The molecule has 2 aromatic carbocycles. The molecule has 0 unspecified atom stereocenters. The molecule has 3 aromatic heterocycles. The highest BCUT2D eigenvalue weighted by molar-refractivity contribution is 7.09. The van der Waals surface area contributed by atoms with Gasteiger partial charge in [0.1, 0.15) is 12.4 Å². The average Bonchev–Trinajstić information content (AvgIpc) is 3.53. The van der Waals surface area contributed by atoms with E-state index in [2.05, 4.69) is 27.5 Å². The van der Waals surface area contributed by atoms with Crippen LogP contribution in [0, 0.1) is 18.3 Å². The summed E-state index contributed by atoms with van der Waals surface area (Å²) in [5.41, 5.74) is 4.04. The van der Waals surface area contributed by atoms with E-state index >= 15 is 0 Å². The maximum absolute atomic E-state index is 13.2. The molecule has 0 atom stereocenters. The molecule has 0 aliphatic rings. The molecule has 172 valence electrons. The number of nitrogens with zero attached hydrogens (tertiary/aromatic N) is 4. The van der Waals surface area contributed by atoms with E-state index in [9.17, 15) is 4.79 Å². The highest BCUT2D eigenvalue weighted by Gasteiger charge is 2.16. The molecular weight excluding hydrogens is 458 g/mol. The maximum atomic E-state index is 13.2. The number of fused-ring (bicyclic) bond motifs is 1. The first-order chi connectivity index (χ1) is 17.1. The molecule has 1 N–H and O–H groups in total. The van der Waals surface area contributed by atoms with Crippen LogP contribution in [0.5, 0.6) is 5.75 Å². The summed E-state index contributed by atoms with van der Waals surface area (Å²) in [5, 5.41) is 19.2. The van der Waals surface area contributed by atoms with Crippen LogP contribution in [-0.2, 0) is 13.2 Å². The van der Waals surface area contributed by atoms with Crippen molar-refractivity contribution in [2.24, 2.45) is 0 Å². The Morgan fingerprint density at radius 1 is 1.14 bits per heavy atom. The third kappa shape index (κ3) is 5.05. The van der Waals surface area contributed by atoms with Crippen LogP contribution in [0.1, 0.15) is 32.1 Å². The normalized spacial score (nSPS) is 10.7.